The summed E-state index contributed by atoms with van der Waals surface area (Å²) in [6, 6.07) is 1.01. The van der Waals surface area contributed by atoms with E-state index in [1.165, 1.54) is 12.8 Å². The van der Waals surface area contributed by atoms with E-state index in [1.807, 2.05) is 0 Å². The standard InChI is InChI=1S/C18H30N4O3/c23-17-20-15-3-1-2-4-16(15)21(17)13-7-11-22(12-8-13,18(24)25)14-5-9-19-10-6-14/h13-16,19H,1-12H2,(H-,20,23,24,25)/t13?,15-,16-,22?/m1/s1. The number of carbonyl (C=O) groups excluding carboxylic acids is 2. The lowest BCUT2D eigenvalue weighted by Crippen LogP contribution is -2.69. The van der Waals surface area contributed by atoms with Crippen LogP contribution in [0.25, 0.3) is 0 Å². The molecular weight excluding hydrogens is 320 g/mol. The van der Waals surface area contributed by atoms with Crippen LogP contribution in [0.5, 0.6) is 0 Å². The largest absolute Gasteiger partial charge is 0.498 e. The first kappa shape index (κ1) is 17.1. The van der Waals surface area contributed by atoms with Crippen LogP contribution in [-0.2, 0) is 0 Å². The molecule has 7 nitrogen and oxygen atoms in total. The molecule has 1 aliphatic carbocycles. The van der Waals surface area contributed by atoms with E-state index in [-0.39, 0.29) is 22.6 Å². The normalized spacial score (nSPS) is 39.8. The quantitative estimate of drug-likeness (QED) is 0.706. The van der Waals surface area contributed by atoms with Crippen LogP contribution >= 0.6 is 0 Å². The zero-order valence-electron chi connectivity index (χ0n) is 14.9. The van der Waals surface area contributed by atoms with Crippen molar-refractivity contribution in [3.05, 3.63) is 0 Å². The van der Waals surface area contributed by atoms with Gasteiger partial charge in [0.25, 0.3) is 6.09 Å². The van der Waals surface area contributed by atoms with Crippen molar-refractivity contribution in [2.24, 2.45) is 0 Å². The predicted octanol–water partition coefficient (Wildman–Crippen LogP) is 0.397. The second kappa shape index (κ2) is 6.76. The van der Waals surface area contributed by atoms with Gasteiger partial charge in [-0.2, -0.15) is 0 Å². The van der Waals surface area contributed by atoms with Crippen molar-refractivity contribution in [2.75, 3.05) is 26.2 Å². The Hall–Kier alpha value is -1.34. The fourth-order valence-corrected chi connectivity index (χ4v) is 5.72. The van der Waals surface area contributed by atoms with Crippen molar-refractivity contribution in [3.63, 3.8) is 0 Å². The number of likely N-dealkylation sites (tertiary alicyclic amines) is 1. The molecule has 2 atom stereocenters. The third kappa shape index (κ3) is 2.91. The summed E-state index contributed by atoms with van der Waals surface area (Å²) in [6.45, 7) is 2.97. The first-order valence-electron chi connectivity index (χ1n) is 10.00. The molecule has 0 bridgehead atoms. The van der Waals surface area contributed by atoms with Crippen LogP contribution in [-0.4, -0.2) is 71.9 Å². The number of quaternary nitrogens is 1. The molecule has 3 aliphatic heterocycles. The zero-order valence-corrected chi connectivity index (χ0v) is 14.9. The summed E-state index contributed by atoms with van der Waals surface area (Å²) < 4.78 is 0.0989. The number of urea groups is 1. The van der Waals surface area contributed by atoms with E-state index in [1.54, 1.807) is 0 Å². The van der Waals surface area contributed by atoms with Crippen molar-refractivity contribution < 1.29 is 19.2 Å². The smallest absolute Gasteiger partial charge is 0.318 e. The van der Waals surface area contributed by atoms with E-state index in [4.69, 9.17) is 0 Å². The van der Waals surface area contributed by atoms with E-state index < -0.39 is 6.09 Å². The van der Waals surface area contributed by atoms with Crippen LogP contribution < -0.4 is 15.7 Å². The van der Waals surface area contributed by atoms with Crippen molar-refractivity contribution >= 4 is 12.1 Å². The number of hydrogen-bond acceptors (Lipinski definition) is 4. The van der Waals surface area contributed by atoms with Gasteiger partial charge in [0, 0.05) is 44.8 Å². The average Bonchev–Trinajstić information content (AvgIpc) is 2.98. The number of amides is 3. The minimum Gasteiger partial charge on any atom is -0.498 e. The summed E-state index contributed by atoms with van der Waals surface area (Å²) in [5.41, 5.74) is 0. The van der Waals surface area contributed by atoms with Crippen LogP contribution in [0.1, 0.15) is 51.4 Å². The maximum Gasteiger partial charge on any atom is 0.318 e. The molecule has 3 heterocycles. The van der Waals surface area contributed by atoms with Gasteiger partial charge in [-0.1, -0.05) is 12.8 Å². The molecule has 3 saturated heterocycles. The van der Waals surface area contributed by atoms with E-state index in [9.17, 15) is 14.7 Å². The van der Waals surface area contributed by atoms with Gasteiger partial charge >= 0.3 is 6.03 Å². The lowest BCUT2D eigenvalue weighted by Gasteiger charge is -2.50. The molecule has 0 unspecified atom stereocenters. The second-order valence-corrected chi connectivity index (χ2v) is 8.27. The van der Waals surface area contributed by atoms with Gasteiger partial charge in [-0.3, -0.25) is 4.48 Å². The average molecular weight is 350 g/mol. The monoisotopic (exact) mass is 350 g/mol. The van der Waals surface area contributed by atoms with Crippen LogP contribution in [0.4, 0.5) is 9.59 Å². The number of carboxylic acid groups (broad SMARTS) is 1. The molecule has 1 saturated carbocycles. The number of rotatable bonds is 2. The molecule has 0 aromatic carbocycles. The first-order valence-corrected chi connectivity index (χ1v) is 10.00. The maximum absolute atomic E-state index is 12.5. The lowest BCUT2D eigenvalue weighted by atomic mass is 9.88. The van der Waals surface area contributed by atoms with Gasteiger partial charge in [0.15, 0.2) is 0 Å². The van der Waals surface area contributed by atoms with Crippen LogP contribution in [0.2, 0.25) is 0 Å². The predicted molar refractivity (Wildman–Crippen MR) is 90.7 cm³/mol. The summed E-state index contributed by atoms with van der Waals surface area (Å²) in [6.07, 6.45) is 6.95. The summed E-state index contributed by atoms with van der Waals surface area (Å²) >= 11 is 0. The first-order chi connectivity index (χ1) is 12.1. The number of nitrogens with one attached hydrogen (secondary N) is 2. The van der Waals surface area contributed by atoms with Gasteiger partial charge < -0.3 is 25.4 Å². The molecule has 25 heavy (non-hydrogen) atoms. The van der Waals surface area contributed by atoms with Crippen LogP contribution in [0, 0.1) is 0 Å². The van der Waals surface area contributed by atoms with Crippen molar-refractivity contribution in [1.29, 1.82) is 0 Å². The Balaban J connectivity index is 1.46. The highest BCUT2D eigenvalue weighted by atomic mass is 16.4. The Labute approximate surface area is 149 Å². The molecule has 140 valence electrons. The molecule has 3 amide bonds. The Bertz CT molecular complexity index is 526. The van der Waals surface area contributed by atoms with Crippen LogP contribution in [0.3, 0.4) is 0 Å². The van der Waals surface area contributed by atoms with Crippen molar-refractivity contribution in [2.45, 2.75) is 75.5 Å². The number of hydrogen-bond donors (Lipinski definition) is 2. The molecule has 0 spiro atoms. The summed E-state index contributed by atoms with van der Waals surface area (Å²) in [5.74, 6) is 0. The van der Waals surface area contributed by atoms with Gasteiger partial charge in [0.05, 0.1) is 31.2 Å². The number of fused-ring (bicyclic) bond motifs is 1. The maximum atomic E-state index is 12.5. The molecule has 2 N–H and O–H groups in total. The highest BCUT2D eigenvalue weighted by Crippen LogP contribution is 2.35. The molecule has 4 rings (SSSR count). The SMILES string of the molecule is O=C1N[C@@H]2CCCC[C@H]2N1C1CC[N+](C(=O)[O-])(C2CCNCC2)CC1. The van der Waals surface area contributed by atoms with E-state index in [0.29, 0.717) is 25.2 Å². The second-order valence-electron chi connectivity index (χ2n) is 8.27. The Kier molecular flexibility index (Phi) is 4.62. The van der Waals surface area contributed by atoms with Gasteiger partial charge in [0.2, 0.25) is 0 Å². The molecule has 0 aromatic heterocycles. The molecule has 4 aliphatic rings. The highest BCUT2D eigenvalue weighted by molar-refractivity contribution is 5.78. The lowest BCUT2D eigenvalue weighted by molar-refractivity contribution is -0.905. The Morgan fingerprint density at radius 2 is 1.72 bits per heavy atom. The third-order valence-corrected chi connectivity index (χ3v) is 7.12. The number of piperidine rings is 2. The van der Waals surface area contributed by atoms with Gasteiger partial charge in [-0.15, -0.1) is 0 Å². The molecule has 0 radical (unpaired) electrons. The summed E-state index contributed by atoms with van der Waals surface area (Å²) in [5, 5.41) is 18.5. The molecule has 4 fully saturated rings. The summed E-state index contributed by atoms with van der Waals surface area (Å²) in [7, 11) is 0. The molecule has 7 heteroatoms. The topological polar surface area (TPSA) is 84.5 Å². The minimum absolute atomic E-state index is 0.0669. The number of carbonyl (C=O) groups is 2. The number of nitrogens with zero attached hydrogens (tertiary/aromatic N) is 2. The molecule has 0 aromatic rings. The fraction of sp³-hybridized carbons (Fsp3) is 0.889. The van der Waals surface area contributed by atoms with Crippen molar-refractivity contribution in [1.82, 2.24) is 15.5 Å². The van der Waals surface area contributed by atoms with E-state index in [0.717, 1.165) is 51.6 Å². The van der Waals surface area contributed by atoms with Gasteiger partial charge in [-0.05, 0) is 12.8 Å². The third-order valence-electron chi connectivity index (χ3n) is 7.12. The van der Waals surface area contributed by atoms with Gasteiger partial charge in [0.1, 0.15) is 0 Å². The van der Waals surface area contributed by atoms with Crippen LogP contribution in [0.15, 0.2) is 0 Å². The van der Waals surface area contributed by atoms with Gasteiger partial charge in [-0.25, -0.2) is 4.79 Å². The zero-order chi connectivity index (χ0) is 17.4. The minimum atomic E-state index is -0.924. The Morgan fingerprint density at radius 1 is 1.04 bits per heavy atom. The Morgan fingerprint density at radius 3 is 2.40 bits per heavy atom. The molecular formula is C18H30N4O3. The summed E-state index contributed by atoms with van der Waals surface area (Å²) in [4.78, 5) is 26.6. The fourth-order valence-electron chi connectivity index (χ4n) is 5.72. The van der Waals surface area contributed by atoms with E-state index >= 15 is 0 Å². The highest BCUT2D eigenvalue weighted by Gasteiger charge is 2.49. The van der Waals surface area contributed by atoms with Crippen molar-refractivity contribution in [3.8, 4) is 0 Å². The van der Waals surface area contributed by atoms with E-state index in [2.05, 4.69) is 15.5 Å².